The molecule has 4 heteroatoms. The van der Waals surface area contributed by atoms with Gasteiger partial charge in [-0.25, -0.2) is 0 Å². The van der Waals surface area contributed by atoms with E-state index < -0.39 is 0 Å². The van der Waals surface area contributed by atoms with Crippen LogP contribution in [0.2, 0.25) is 0 Å². The van der Waals surface area contributed by atoms with Gasteiger partial charge >= 0.3 is 0 Å². The molecular formula is C10H20N2OS. The molecule has 1 saturated heterocycles. The minimum atomic E-state index is 0.399. The van der Waals surface area contributed by atoms with Crippen molar-refractivity contribution < 1.29 is 4.74 Å². The van der Waals surface area contributed by atoms with E-state index in [1.54, 1.807) is 0 Å². The average molecular weight is 216 g/mol. The molecule has 82 valence electrons. The zero-order chi connectivity index (χ0) is 10.4. The van der Waals surface area contributed by atoms with Gasteiger partial charge in [0.25, 0.3) is 0 Å². The Kier molecular flexibility index (Phi) is 5.37. The van der Waals surface area contributed by atoms with E-state index in [2.05, 4.69) is 11.8 Å². The van der Waals surface area contributed by atoms with Crippen LogP contribution in [0, 0.1) is 0 Å². The predicted molar refractivity (Wildman–Crippen MR) is 62.5 cm³/mol. The summed E-state index contributed by atoms with van der Waals surface area (Å²) >= 11 is 4.92. The molecule has 0 bridgehead atoms. The summed E-state index contributed by atoms with van der Waals surface area (Å²) in [7, 11) is 0. The predicted octanol–water partition coefficient (Wildman–Crippen LogP) is 1.16. The largest absolute Gasteiger partial charge is 0.392 e. The van der Waals surface area contributed by atoms with Crippen molar-refractivity contribution in [2.75, 3.05) is 26.2 Å². The molecule has 1 aliphatic rings. The van der Waals surface area contributed by atoms with Gasteiger partial charge < -0.3 is 10.5 Å². The van der Waals surface area contributed by atoms with Crippen LogP contribution < -0.4 is 5.73 Å². The number of thiocarbonyl (C=S) groups is 1. The maximum Gasteiger partial charge on any atom is 0.0870 e. The molecule has 0 aromatic carbocycles. The lowest BCUT2D eigenvalue weighted by atomic mass is 10.2. The van der Waals surface area contributed by atoms with Gasteiger partial charge in [-0.15, -0.1) is 0 Å². The van der Waals surface area contributed by atoms with Crippen LogP contribution in [0.15, 0.2) is 0 Å². The molecule has 0 saturated carbocycles. The van der Waals surface area contributed by atoms with Gasteiger partial charge in [-0.05, 0) is 25.8 Å². The Balaban J connectivity index is 2.29. The first-order chi connectivity index (χ1) is 6.72. The highest BCUT2D eigenvalue weighted by Gasteiger charge is 2.18. The molecule has 1 rings (SSSR count). The lowest BCUT2D eigenvalue weighted by Gasteiger charge is -2.23. The number of hydrogen-bond acceptors (Lipinski definition) is 3. The summed E-state index contributed by atoms with van der Waals surface area (Å²) in [5.74, 6) is 0. The molecule has 0 aromatic heterocycles. The molecule has 0 amide bonds. The summed E-state index contributed by atoms with van der Waals surface area (Å²) in [5.41, 5.74) is 5.55. The van der Waals surface area contributed by atoms with Crippen molar-refractivity contribution in [3.8, 4) is 0 Å². The monoisotopic (exact) mass is 216 g/mol. The zero-order valence-electron chi connectivity index (χ0n) is 8.87. The molecule has 1 fully saturated rings. The number of rotatable bonds is 6. The van der Waals surface area contributed by atoms with E-state index in [1.165, 1.54) is 12.8 Å². The van der Waals surface area contributed by atoms with Crippen molar-refractivity contribution in [3.63, 3.8) is 0 Å². The van der Waals surface area contributed by atoms with E-state index in [9.17, 15) is 0 Å². The van der Waals surface area contributed by atoms with Crippen LogP contribution in [0.3, 0.4) is 0 Å². The second kappa shape index (κ2) is 6.32. The molecule has 0 aliphatic carbocycles. The first-order valence-corrected chi connectivity index (χ1v) is 5.75. The summed E-state index contributed by atoms with van der Waals surface area (Å²) in [4.78, 5) is 2.87. The highest BCUT2D eigenvalue weighted by atomic mass is 32.1. The van der Waals surface area contributed by atoms with Crippen LogP contribution in [0.5, 0.6) is 0 Å². The molecule has 0 radical (unpaired) electrons. The third-order valence-electron chi connectivity index (χ3n) is 2.41. The number of nitrogens with two attached hydrogens (primary N) is 1. The van der Waals surface area contributed by atoms with Crippen LogP contribution >= 0.6 is 12.2 Å². The lowest BCUT2D eigenvalue weighted by molar-refractivity contribution is 0.0782. The van der Waals surface area contributed by atoms with Gasteiger partial charge in [-0.3, -0.25) is 4.90 Å². The number of hydrogen-bond donors (Lipinski definition) is 1. The molecular weight excluding hydrogens is 196 g/mol. The Morgan fingerprint density at radius 1 is 1.64 bits per heavy atom. The van der Waals surface area contributed by atoms with E-state index in [0.29, 0.717) is 11.1 Å². The lowest BCUT2D eigenvalue weighted by Crippen LogP contribution is -2.38. The molecule has 3 nitrogen and oxygen atoms in total. The maximum atomic E-state index is 5.59. The quantitative estimate of drug-likeness (QED) is 0.676. The van der Waals surface area contributed by atoms with Gasteiger partial charge in [-0.2, -0.15) is 0 Å². The number of ether oxygens (including phenoxy) is 1. The third kappa shape index (κ3) is 4.35. The standard InChI is InChI=1S/C10H20N2OS/c1-2-5-12(8-10(11)14)7-9-4-3-6-13-9/h9H,2-8H2,1H3,(H2,11,14). The summed E-state index contributed by atoms with van der Waals surface area (Å²) in [6.07, 6.45) is 3.90. The van der Waals surface area contributed by atoms with Crippen molar-refractivity contribution in [2.24, 2.45) is 5.73 Å². The minimum absolute atomic E-state index is 0.399. The summed E-state index contributed by atoms with van der Waals surface area (Å²) in [6.45, 7) is 5.84. The van der Waals surface area contributed by atoms with Gasteiger partial charge in [0.05, 0.1) is 11.1 Å². The SMILES string of the molecule is CCCN(CC(N)=S)CC1CCCO1. The van der Waals surface area contributed by atoms with Gasteiger partial charge in [0.15, 0.2) is 0 Å². The summed E-state index contributed by atoms with van der Waals surface area (Å²) < 4.78 is 5.59. The van der Waals surface area contributed by atoms with Crippen LogP contribution in [-0.4, -0.2) is 42.2 Å². The van der Waals surface area contributed by atoms with Gasteiger partial charge in [0.2, 0.25) is 0 Å². The normalized spacial score (nSPS) is 21.7. The van der Waals surface area contributed by atoms with Crippen molar-refractivity contribution in [1.82, 2.24) is 4.90 Å². The van der Waals surface area contributed by atoms with Gasteiger partial charge in [0.1, 0.15) is 0 Å². The van der Waals surface area contributed by atoms with Gasteiger partial charge in [-0.1, -0.05) is 19.1 Å². The second-order valence-corrected chi connectivity index (χ2v) is 4.36. The first-order valence-electron chi connectivity index (χ1n) is 5.34. The number of nitrogens with zero attached hydrogens (tertiary/aromatic N) is 1. The molecule has 14 heavy (non-hydrogen) atoms. The Bertz CT molecular complexity index is 181. The van der Waals surface area contributed by atoms with E-state index in [0.717, 1.165) is 32.7 Å². The molecule has 1 aliphatic heterocycles. The van der Waals surface area contributed by atoms with Crippen LogP contribution in [0.25, 0.3) is 0 Å². The Labute approximate surface area is 91.6 Å². The third-order valence-corrected chi connectivity index (χ3v) is 2.53. The first kappa shape index (κ1) is 11.9. The molecule has 0 spiro atoms. The van der Waals surface area contributed by atoms with Crippen molar-refractivity contribution in [3.05, 3.63) is 0 Å². The zero-order valence-corrected chi connectivity index (χ0v) is 9.68. The Hall–Kier alpha value is -0.190. The fourth-order valence-corrected chi connectivity index (χ4v) is 2.03. The summed E-state index contributed by atoms with van der Waals surface area (Å²) in [5, 5.41) is 0. The van der Waals surface area contributed by atoms with Crippen molar-refractivity contribution in [2.45, 2.75) is 32.3 Å². The fourth-order valence-electron chi connectivity index (χ4n) is 1.85. The van der Waals surface area contributed by atoms with Crippen LogP contribution in [0.1, 0.15) is 26.2 Å². The van der Waals surface area contributed by atoms with Crippen LogP contribution in [0.4, 0.5) is 0 Å². The molecule has 2 N–H and O–H groups in total. The Morgan fingerprint density at radius 2 is 2.43 bits per heavy atom. The van der Waals surface area contributed by atoms with E-state index in [1.807, 2.05) is 0 Å². The van der Waals surface area contributed by atoms with E-state index in [4.69, 9.17) is 22.7 Å². The molecule has 1 unspecified atom stereocenters. The minimum Gasteiger partial charge on any atom is -0.392 e. The smallest absolute Gasteiger partial charge is 0.0870 e. The Morgan fingerprint density at radius 3 is 2.93 bits per heavy atom. The maximum absolute atomic E-state index is 5.59. The second-order valence-electron chi connectivity index (χ2n) is 3.84. The highest BCUT2D eigenvalue weighted by Crippen LogP contribution is 2.13. The van der Waals surface area contributed by atoms with Crippen LogP contribution in [-0.2, 0) is 4.74 Å². The topological polar surface area (TPSA) is 38.5 Å². The van der Waals surface area contributed by atoms with E-state index >= 15 is 0 Å². The van der Waals surface area contributed by atoms with Crippen molar-refractivity contribution >= 4 is 17.2 Å². The average Bonchev–Trinajstić information content (AvgIpc) is 2.56. The van der Waals surface area contributed by atoms with Gasteiger partial charge in [0, 0.05) is 19.7 Å². The molecule has 1 heterocycles. The fraction of sp³-hybridized carbons (Fsp3) is 0.900. The van der Waals surface area contributed by atoms with E-state index in [-0.39, 0.29) is 0 Å². The molecule has 0 aromatic rings. The summed E-state index contributed by atoms with van der Waals surface area (Å²) in [6, 6.07) is 0. The highest BCUT2D eigenvalue weighted by molar-refractivity contribution is 7.80. The molecule has 1 atom stereocenters. The van der Waals surface area contributed by atoms with Crippen molar-refractivity contribution in [1.29, 1.82) is 0 Å².